The van der Waals surface area contributed by atoms with Crippen molar-refractivity contribution in [1.29, 1.82) is 0 Å². The number of hydrogen-bond acceptors (Lipinski definition) is 4. The summed E-state index contributed by atoms with van der Waals surface area (Å²) in [6, 6.07) is 7.64. The number of nitrogens with one attached hydrogen (secondary N) is 1. The van der Waals surface area contributed by atoms with Gasteiger partial charge in [0, 0.05) is 35.4 Å². The Morgan fingerprint density at radius 1 is 1.42 bits per heavy atom. The van der Waals surface area contributed by atoms with Crippen LogP contribution >= 0.6 is 0 Å². The molecule has 2 atom stereocenters. The molecule has 0 saturated carbocycles. The molecule has 1 aromatic carbocycles. The topological polar surface area (TPSA) is 55.4 Å². The first kappa shape index (κ1) is 15.9. The van der Waals surface area contributed by atoms with Crippen LogP contribution in [0, 0.1) is 0 Å². The van der Waals surface area contributed by atoms with Gasteiger partial charge < -0.3 is 10.1 Å². The van der Waals surface area contributed by atoms with Crippen molar-refractivity contribution in [3.8, 4) is 0 Å². The highest BCUT2D eigenvalue weighted by molar-refractivity contribution is 7.84. The predicted octanol–water partition coefficient (Wildman–Crippen LogP) is 1.72. The van der Waals surface area contributed by atoms with Gasteiger partial charge in [-0.3, -0.25) is 4.21 Å². The lowest BCUT2D eigenvalue weighted by Gasteiger charge is -2.14. The number of methoxy groups -OCH3 is 1. The zero-order chi connectivity index (χ0) is 14.3. The van der Waals surface area contributed by atoms with E-state index < -0.39 is 10.8 Å². The monoisotopic (exact) mass is 283 g/mol. The van der Waals surface area contributed by atoms with Gasteiger partial charge in [-0.2, -0.15) is 0 Å². The Balaban J connectivity index is 2.57. The minimum Gasteiger partial charge on any atom is -0.465 e. The number of ether oxygens (including phenoxy) is 1. The third kappa shape index (κ3) is 5.53. The Morgan fingerprint density at radius 3 is 2.74 bits per heavy atom. The van der Waals surface area contributed by atoms with E-state index in [1.807, 2.05) is 25.1 Å². The van der Waals surface area contributed by atoms with Crippen LogP contribution in [0.1, 0.15) is 29.3 Å². The van der Waals surface area contributed by atoms with Gasteiger partial charge in [0.05, 0.1) is 12.7 Å². The average Bonchev–Trinajstić information content (AvgIpc) is 2.42. The van der Waals surface area contributed by atoms with Crippen molar-refractivity contribution in [2.24, 2.45) is 0 Å². The molecular weight excluding hydrogens is 262 g/mol. The van der Waals surface area contributed by atoms with E-state index in [9.17, 15) is 9.00 Å². The van der Waals surface area contributed by atoms with Crippen LogP contribution in [-0.2, 0) is 22.1 Å². The van der Waals surface area contributed by atoms with E-state index in [1.165, 1.54) is 7.11 Å². The van der Waals surface area contributed by atoms with E-state index in [4.69, 9.17) is 4.74 Å². The quantitative estimate of drug-likeness (QED) is 0.774. The fourth-order valence-electron chi connectivity index (χ4n) is 1.71. The molecule has 5 heteroatoms. The maximum atomic E-state index is 11.6. The van der Waals surface area contributed by atoms with Gasteiger partial charge in [-0.15, -0.1) is 0 Å². The second kappa shape index (κ2) is 8.07. The summed E-state index contributed by atoms with van der Waals surface area (Å²) in [7, 11) is 0.619. The zero-order valence-electron chi connectivity index (χ0n) is 11.6. The summed E-state index contributed by atoms with van der Waals surface area (Å²) in [5, 5.41) is 3.33. The summed E-state index contributed by atoms with van der Waals surface area (Å²) in [6.45, 7) is 2.65. The van der Waals surface area contributed by atoms with E-state index in [0.29, 0.717) is 17.9 Å². The number of carbonyl (C=O) groups is 1. The van der Waals surface area contributed by atoms with E-state index in [2.05, 4.69) is 5.32 Å². The first-order valence-electron chi connectivity index (χ1n) is 6.24. The van der Waals surface area contributed by atoms with Crippen molar-refractivity contribution in [3.05, 3.63) is 35.4 Å². The van der Waals surface area contributed by atoms with Gasteiger partial charge in [0.1, 0.15) is 0 Å². The summed E-state index contributed by atoms with van der Waals surface area (Å²) < 4.78 is 15.8. The highest BCUT2D eigenvalue weighted by Gasteiger charge is 2.11. The molecule has 0 heterocycles. The molecule has 0 spiro atoms. The van der Waals surface area contributed by atoms with E-state index in [1.54, 1.807) is 12.3 Å². The normalized spacial score (nSPS) is 13.8. The molecule has 0 bridgehead atoms. The largest absolute Gasteiger partial charge is 0.465 e. The molecule has 19 heavy (non-hydrogen) atoms. The number of hydrogen-bond donors (Lipinski definition) is 1. The molecule has 0 fully saturated rings. The summed E-state index contributed by atoms with van der Waals surface area (Å²) in [4.78, 5) is 11.6. The van der Waals surface area contributed by atoms with Crippen LogP contribution in [0.2, 0.25) is 0 Å². The SMILES string of the molecule is COC(=O)c1ccccc1CNC(C)CCS(C)=O. The van der Waals surface area contributed by atoms with Crippen LogP contribution in [0.4, 0.5) is 0 Å². The van der Waals surface area contributed by atoms with E-state index >= 15 is 0 Å². The van der Waals surface area contributed by atoms with Crippen molar-refractivity contribution in [2.75, 3.05) is 19.1 Å². The third-order valence-corrected chi connectivity index (χ3v) is 3.71. The van der Waals surface area contributed by atoms with Crippen LogP contribution in [0.15, 0.2) is 24.3 Å². The van der Waals surface area contributed by atoms with Crippen molar-refractivity contribution < 1.29 is 13.7 Å². The maximum Gasteiger partial charge on any atom is 0.338 e. The Labute approximate surface area is 117 Å². The van der Waals surface area contributed by atoms with Gasteiger partial charge in [-0.25, -0.2) is 4.79 Å². The Bertz CT molecular complexity index is 448. The molecule has 1 N–H and O–H groups in total. The fraction of sp³-hybridized carbons (Fsp3) is 0.500. The molecule has 1 rings (SSSR count). The Kier molecular flexibility index (Phi) is 6.73. The smallest absolute Gasteiger partial charge is 0.338 e. The molecule has 0 aliphatic carbocycles. The number of esters is 1. The standard InChI is InChI=1S/C14H21NO3S/c1-11(8-9-19(3)17)15-10-12-6-4-5-7-13(12)14(16)18-2/h4-7,11,15H,8-10H2,1-3H3. The van der Waals surface area contributed by atoms with Crippen molar-refractivity contribution >= 4 is 16.8 Å². The van der Waals surface area contributed by atoms with Gasteiger partial charge in [-0.05, 0) is 25.0 Å². The lowest BCUT2D eigenvalue weighted by molar-refractivity contribution is 0.0599. The summed E-state index contributed by atoms with van der Waals surface area (Å²) in [6.07, 6.45) is 2.56. The predicted molar refractivity (Wildman–Crippen MR) is 77.6 cm³/mol. The number of benzene rings is 1. The van der Waals surface area contributed by atoms with Crippen molar-refractivity contribution in [2.45, 2.75) is 25.9 Å². The van der Waals surface area contributed by atoms with Crippen molar-refractivity contribution in [3.63, 3.8) is 0 Å². The van der Waals surface area contributed by atoms with Gasteiger partial charge in [-0.1, -0.05) is 18.2 Å². The fourth-order valence-corrected chi connectivity index (χ4v) is 2.40. The molecular formula is C14H21NO3S. The van der Waals surface area contributed by atoms with Gasteiger partial charge >= 0.3 is 5.97 Å². The zero-order valence-corrected chi connectivity index (χ0v) is 12.5. The van der Waals surface area contributed by atoms with Gasteiger partial charge in [0.2, 0.25) is 0 Å². The first-order chi connectivity index (χ1) is 9.04. The lowest BCUT2D eigenvalue weighted by Crippen LogP contribution is -2.27. The van der Waals surface area contributed by atoms with E-state index in [-0.39, 0.29) is 12.0 Å². The maximum absolute atomic E-state index is 11.6. The summed E-state index contributed by atoms with van der Waals surface area (Å²) >= 11 is 0. The first-order valence-corrected chi connectivity index (χ1v) is 7.97. The molecule has 0 aliphatic heterocycles. The molecule has 0 amide bonds. The van der Waals surface area contributed by atoms with Crippen LogP contribution in [0.3, 0.4) is 0 Å². The second-order valence-corrected chi connectivity index (χ2v) is 6.05. The van der Waals surface area contributed by atoms with Crippen molar-refractivity contribution in [1.82, 2.24) is 5.32 Å². The number of rotatable bonds is 7. The van der Waals surface area contributed by atoms with Crippen LogP contribution < -0.4 is 5.32 Å². The molecule has 4 nitrogen and oxygen atoms in total. The third-order valence-electron chi connectivity index (χ3n) is 2.90. The Hall–Kier alpha value is -1.20. The van der Waals surface area contributed by atoms with Gasteiger partial charge in [0.15, 0.2) is 0 Å². The van der Waals surface area contributed by atoms with Crippen LogP contribution in [-0.4, -0.2) is 35.3 Å². The molecule has 1 aromatic rings. The minimum absolute atomic E-state index is 0.259. The average molecular weight is 283 g/mol. The second-order valence-electron chi connectivity index (χ2n) is 4.50. The minimum atomic E-state index is -0.761. The van der Waals surface area contributed by atoms with Crippen LogP contribution in [0.5, 0.6) is 0 Å². The summed E-state index contributed by atoms with van der Waals surface area (Å²) in [5.41, 5.74) is 1.50. The molecule has 2 unspecified atom stereocenters. The lowest BCUT2D eigenvalue weighted by atomic mass is 10.1. The Morgan fingerprint density at radius 2 is 2.11 bits per heavy atom. The van der Waals surface area contributed by atoms with E-state index in [0.717, 1.165) is 12.0 Å². The highest BCUT2D eigenvalue weighted by Crippen LogP contribution is 2.10. The highest BCUT2D eigenvalue weighted by atomic mass is 32.2. The number of carbonyl (C=O) groups excluding carboxylic acids is 1. The molecule has 0 aromatic heterocycles. The summed E-state index contributed by atoms with van der Waals surface area (Å²) in [5.74, 6) is 0.368. The van der Waals surface area contributed by atoms with Crippen LogP contribution in [0.25, 0.3) is 0 Å². The molecule has 0 saturated heterocycles. The molecule has 0 radical (unpaired) electrons. The molecule has 106 valence electrons. The van der Waals surface area contributed by atoms with Gasteiger partial charge in [0.25, 0.3) is 0 Å². The molecule has 0 aliphatic rings.